The van der Waals surface area contributed by atoms with E-state index in [1.165, 1.54) is 0 Å². The van der Waals surface area contributed by atoms with E-state index >= 15 is 0 Å². The molecule has 0 aliphatic heterocycles. The number of hydrogen-bond donors (Lipinski definition) is 1. The Balaban J connectivity index is 1.78. The monoisotopic (exact) mass is 390 g/mol. The molecule has 0 aromatic heterocycles. The number of hydrogen-bond acceptors (Lipinski definition) is 3. The fourth-order valence-corrected chi connectivity index (χ4v) is 2.68. The molecule has 0 fully saturated rings. The van der Waals surface area contributed by atoms with Crippen molar-refractivity contribution in [3.05, 3.63) is 65.2 Å². The topological polar surface area (TPSA) is 58.6 Å². The van der Waals surface area contributed by atoms with Gasteiger partial charge in [0.05, 0.1) is 12.2 Å². The van der Waals surface area contributed by atoms with Gasteiger partial charge in [0.25, 0.3) is 5.91 Å². The number of para-hydroxylation sites is 1. The SMILES string of the molecule is CCOc1ccccc1CN(C)C(=O)CCCNC(=O)c1ccc(F)cc1F. The first-order chi connectivity index (χ1) is 13.4. The Hall–Kier alpha value is -2.96. The van der Waals surface area contributed by atoms with Crippen LogP contribution < -0.4 is 10.1 Å². The summed E-state index contributed by atoms with van der Waals surface area (Å²) in [5.74, 6) is -1.62. The lowest BCUT2D eigenvalue weighted by molar-refractivity contribution is -0.130. The number of amides is 2. The van der Waals surface area contributed by atoms with Crippen molar-refractivity contribution < 1.29 is 23.1 Å². The second-order valence-electron chi connectivity index (χ2n) is 6.27. The minimum Gasteiger partial charge on any atom is -0.494 e. The molecule has 1 N–H and O–H groups in total. The fraction of sp³-hybridized carbons (Fsp3) is 0.333. The van der Waals surface area contributed by atoms with Crippen LogP contribution in [0.3, 0.4) is 0 Å². The van der Waals surface area contributed by atoms with Crippen LogP contribution in [0.1, 0.15) is 35.7 Å². The van der Waals surface area contributed by atoms with Crippen molar-refractivity contribution in [1.82, 2.24) is 10.2 Å². The van der Waals surface area contributed by atoms with Crippen molar-refractivity contribution in [2.24, 2.45) is 0 Å². The Morgan fingerprint density at radius 2 is 1.89 bits per heavy atom. The molecule has 7 heteroatoms. The molecule has 0 aliphatic carbocycles. The van der Waals surface area contributed by atoms with Gasteiger partial charge in [0.15, 0.2) is 0 Å². The predicted molar refractivity (Wildman–Crippen MR) is 102 cm³/mol. The lowest BCUT2D eigenvalue weighted by Crippen LogP contribution is -2.29. The van der Waals surface area contributed by atoms with Gasteiger partial charge in [-0.15, -0.1) is 0 Å². The summed E-state index contributed by atoms with van der Waals surface area (Å²) >= 11 is 0. The molecular weight excluding hydrogens is 366 g/mol. The molecule has 2 rings (SSSR count). The second-order valence-corrected chi connectivity index (χ2v) is 6.27. The van der Waals surface area contributed by atoms with E-state index in [2.05, 4.69) is 5.32 Å². The van der Waals surface area contributed by atoms with Gasteiger partial charge in [0.1, 0.15) is 17.4 Å². The summed E-state index contributed by atoms with van der Waals surface area (Å²) in [6, 6.07) is 10.3. The third kappa shape index (κ3) is 6.04. The third-order valence-electron chi connectivity index (χ3n) is 4.13. The summed E-state index contributed by atoms with van der Waals surface area (Å²) in [6.45, 7) is 3.08. The average Bonchev–Trinajstić information content (AvgIpc) is 2.66. The molecule has 0 saturated heterocycles. The molecule has 5 nitrogen and oxygen atoms in total. The molecule has 150 valence electrons. The van der Waals surface area contributed by atoms with Crippen LogP contribution in [0.2, 0.25) is 0 Å². The predicted octanol–water partition coefficient (Wildman–Crippen LogP) is 3.53. The summed E-state index contributed by atoms with van der Waals surface area (Å²) in [5.41, 5.74) is 0.692. The van der Waals surface area contributed by atoms with E-state index in [-0.39, 0.29) is 24.4 Å². The van der Waals surface area contributed by atoms with Gasteiger partial charge in [-0.05, 0) is 31.5 Å². The number of nitrogens with one attached hydrogen (secondary N) is 1. The van der Waals surface area contributed by atoms with Gasteiger partial charge in [0.2, 0.25) is 5.91 Å². The largest absolute Gasteiger partial charge is 0.494 e. The van der Waals surface area contributed by atoms with E-state index in [0.717, 1.165) is 23.4 Å². The number of carbonyl (C=O) groups excluding carboxylic acids is 2. The van der Waals surface area contributed by atoms with Crippen LogP contribution in [0.15, 0.2) is 42.5 Å². The summed E-state index contributed by atoms with van der Waals surface area (Å²) < 4.78 is 32.0. The van der Waals surface area contributed by atoms with E-state index in [9.17, 15) is 18.4 Å². The smallest absolute Gasteiger partial charge is 0.254 e. The third-order valence-corrected chi connectivity index (χ3v) is 4.13. The van der Waals surface area contributed by atoms with Gasteiger partial charge in [0, 0.05) is 38.2 Å². The van der Waals surface area contributed by atoms with Crippen molar-refractivity contribution in [3.8, 4) is 5.75 Å². The van der Waals surface area contributed by atoms with E-state index < -0.39 is 17.5 Å². The van der Waals surface area contributed by atoms with Gasteiger partial charge < -0.3 is 15.0 Å². The zero-order valence-corrected chi connectivity index (χ0v) is 16.0. The molecule has 0 atom stereocenters. The number of rotatable bonds is 9. The molecule has 0 saturated carbocycles. The van der Waals surface area contributed by atoms with Crippen LogP contribution >= 0.6 is 0 Å². The van der Waals surface area contributed by atoms with E-state index in [4.69, 9.17) is 4.74 Å². The molecule has 2 amide bonds. The Kier molecular flexibility index (Phi) is 7.92. The van der Waals surface area contributed by atoms with Crippen molar-refractivity contribution in [3.63, 3.8) is 0 Å². The standard InChI is InChI=1S/C21H24F2N2O3/c1-3-28-19-8-5-4-7-15(19)14-25(2)20(26)9-6-12-24-21(27)17-11-10-16(22)13-18(17)23/h4-5,7-8,10-11,13H,3,6,9,12,14H2,1-2H3,(H,24,27). The maximum atomic E-state index is 13.6. The first-order valence-corrected chi connectivity index (χ1v) is 9.10. The first-order valence-electron chi connectivity index (χ1n) is 9.10. The normalized spacial score (nSPS) is 10.4. The number of halogens is 2. The maximum absolute atomic E-state index is 13.6. The Bertz CT molecular complexity index is 827. The lowest BCUT2D eigenvalue weighted by Gasteiger charge is -2.19. The highest BCUT2D eigenvalue weighted by Gasteiger charge is 2.14. The number of ether oxygens (including phenoxy) is 1. The minimum atomic E-state index is -0.915. The molecular formula is C21H24F2N2O3. The zero-order valence-electron chi connectivity index (χ0n) is 16.0. The fourth-order valence-electron chi connectivity index (χ4n) is 2.68. The highest BCUT2D eigenvalue weighted by Crippen LogP contribution is 2.19. The molecule has 0 radical (unpaired) electrons. The van der Waals surface area contributed by atoms with Crippen LogP contribution in [0.25, 0.3) is 0 Å². The first kappa shape index (κ1) is 21.3. The maximum Gasteiger partial charge on any atom is 0.254 e. The molecule has 2 aromatic rings. The lowest BCUT2D eigenvalue weighted by atomic mass is 10.1. The van der Waals surface area contributed by atoms with Crippen LogP contribution in [0.4, 0.5) is 8.78 Å². The van der Waals surface area contributed by atoms with Gasteiger partial charge in [-0.2, -0.15) is 0 Å². The summed E-state index contributed by atoms with van der Waals surface area (Å²) in [6.07, 6.45) is 0.643. The summed E-state index contributed by atoms with van der Waals surface area (Å²) in [4.78, 5) is 25.8. The Labute approximate surface area is 163 Å². The van der Waals surface area contributed by atoms with Crippen molar-refractivity contribution in [2.45, 2.75) is 26.3 Å². The van der Waals surface area contributed by atoms with Crippen LogP contribution in [-0.4, -0.2) is 36.9 Å². The van der Waals surface area contributed by atoms with E-state index in [0.29, 0.717) is 25.6 Å². The highest BCUT2D eigenvalue weighted by molar-refractivity contribution is 5.94. The molecule has 0 bridgehead atoms. The quantitative estimate of drug-likeness (QED) is 0.667. The van der Waals surface area contributed by atoms with Crippen molar-refractivity contribution in [2.75, 3.05) is 20.2 Å². The zero-order chi connectivity index (χ0) is 20.5. The summed E-state index contributed by atoms with van der Waals surface area (Å²) in [7, 11) is 1.71. The number of carbonyl (C=O) groups is 2. The Morgan fingerprint density at radius 1 is 1.14 bits per heavy atom. The minimum absolute atomic E-state index is 0.0755. The molecule has 0 aliphatic rings. The molecule has 0 unspecified atom stereocenters. The summed E-state index contributed by atoms with van der Waals surface area (Å²) in [5, 5.41) is 2.54. The molecule has 0 spiro atoms. The highest BCUT2D eigenvalue weighted by atomic mass is 19.1. The van der Waals surface area contributed by atoms with Gasteiger partial charge >= 0.3 is 0 Å². The number of benzene rings is 2. The second kappa shape index (κ2) is 10.4. The molecule has 0 heterocycles. The van der Waals surface area contributed by atoms with Crippen LogP contribution in [-0.2, 0) is 11.3 Å². The molecule has 28 heavy (non-hydrogen) atoms. The van der Waals surface area contributed by atoms with E-state index in [1.54, 1.807) is 11.9 Å². The van der Waals surface area contributed by atoms with Gasteiger partial charge in [-0.1, -0.05) is 18.2 Å². The van der Waals surface area contributed by atoms with Gasteiger partial charge in [-0.3, -0.25) is 9.59 Å². The Morgan fingerprint density at radius 3 is 2.61 bits per heavy atom. The molecule has 2 aromatic carbocycles. The number of nitrogens with zero attached hydrogens (tertiary/aromatic N) is 1. The van der Waals surface area contributed by atoms with Gasteiger partial charge in [-0.25, -0.2) is 8.78 Å². The van der Waals surface area contributed by atoms with Crippen LogP contribution in [0.5, 0.6) is 5.75 Å². The van der Waals surface area contributed by atoms with Crippen molar-refractivity contribution >= 4 is 11.8 Å². The average molecular weight is 390 g/mol. The van der Waals surface area contributed by atoms with E-state index in [1.807, 2.05) is 31.2 Å². The van der Waals surface area contributed by atoms with Crippen molar-refractivity contribution in [1.29, 1.82) is 0 Å². The van der Waals surface area contributed by atoms with Crippen LogP contribution in [0, 0.1) is 11.6 Å².